The molecule has 0 aromatic carbocycles. The second-order valence-electron chi connectivity index (χ2n) is 8.57. The van der Waals surface area contributed by atoms with Gasteiger partial charge in [0.1, 0.15) is 24.7 Å². The second-order valence-corrected chi connectivity index (χ2v) is 8.92. The predicted molar refractivity (Wildman–Crippen MR) is 133 cm³/mol. The first kappa shape index (κ1) is 25.1. The fourth-order valence-corrected chi connectivity index (χ4v) is 4.88. The van der Waals surface area contributed by atoms with Crippen molar-refractivity contribution in [2.45, 2.75) is 44.8 Å². The summed E-state index contributed by atoms with van der Waals surface area (Å²) in [6.45, 7) is 5.32. The summed E-state index contributed by atoms with van der Waals surface area (Å²) in [5, 5.41) is 13.5. The van der Waals surface area contributed by atoms with Gasteiger partial charge in [-0.25, -0.2) is 9.97 Å². The number of thiocarbonyl (C=S) groups is 1. The van der Waals surface area contributed by atoms with E-state index in [-0.39, 0.29) is 36.9 Å². The largest absolute Gasteiger partial charge is 0.467 e. The number of amides is 1. The SMILES string of the molecule is C[C@@H]1CCN(C(=O)CC#N)C[C@@H]1N(C)c1ncnc2c1ccn2C(=S)OC1CCNCC1.Cl. The van der Waals surface area contributed by atoms with Gasteiger partial charge in [-0.1, -0.05) is 6.92 Å². The van der Waals surface area contributed by atoms with E-state index in [0.717, 1.165) is 43.6 Å². The molecule has 0 saturated carbocycles. The highest BCUT2D eigenvalue weighted by atomic mass is 35.5. The van der Waals surface area contributed by atoms with E-state index in [9.17, 15) is 4.79 Å². The van der Waals surface area contributed by atoms with E-state index in [1.165, 1.54) is 0 Å². The molecule has 2 fully saturated rings. The van der Waals surface area contributed by atoms with Crippen LogP contribution in [-0.2, 0) is 9.53 Å². The normalized spacial score (nSPS) is 21.2. The zero-order chi connectivity index (χ0) is 22.7. The van der Waals surface area contributed by atoms with Crippen LogP contribution in [0, 0.1) is 17.2 Å². The van der Waals surface area contributed by atoms with E-state index in [4.69, 9.17) is 22.2 Å². The summed E-state index contributed by atoms with van der Waals surface area (Å²) >= 11 is 5.58. The van der Waals surface area contributed by atoms with Crippen molar-refractivity contribution >= 4 is 52.6 Å². The zero-order valence-corrected chi connectivity index (χ0v) is 20.6. The highest BCUT2D eigenvalue weighted by molar-refractivity contribution is 7.80. The van der Waals surface area contributed by atoms with Crippen molar-refractivity contribution < 1.29 is 9.53 Å². The van der Waals surface area contributed by atoms with Crippen LogP contribution >= 0.6 is 24.6 Å². The molecule has 4 rings (SSSR count). The lowest BCUT2D eigenvalue weighted by Gasteiger charge is -2.42. The number of hydrogen-bond donors (Lipinski definition) is 1. The van der Waals surface area contributed by atoms with Crippen LogP contribution in [0.15, 0.2) is 18.6 Å². The summed E-state index contributed by atoms with van der Waals surface area (Å²) in [6.07, 6.45) is 6.21. The Labute approximate surface area is 205 Å². The van der Waals surface area contributed by atoms with E-state index in [0.29, 0.717) is 29.8 Å². The Morgan fingerprint density at radius 1 is 1.36 bits per heavy atom. The van der Waals surface area contributed by atoms with Crippen molar-refractivity contribution in [2.75, 3.05) is 38.1 Å². The number of aromatic nitrogens is 3. The molecule has 0 aliphatic carbocycles. The molecule has 2 aromatic heterocycles. The fourth-order valence-electron chi connectivity index (χ4n) is 4.60. The van der Waals surface area contributed by atoms with Crippen molar-refractivity contribution in [3.8, 4) is 6.07 Å². The van der Waals surface area contributed by atoms with Gasteiger partial charge in [0.2, 0.25) is 5.91 Å². The molecule has 2 atom stereocenters. The van der Waals surface area contributed by atoms with Gasteiger partial charge in [0.15, 0.2) is 5.65 Å². The number of nitrogens with zero attached hydrogens (tertiary/aromatic N) is 6. The molecular weight excluding hydrogens is 462 g/mol. The van der Waals surface area contributed by atoms with Crippen molar-refractivity contribution in [1.82, 2.24) is 24.8 Å². The van der Waals surface area contributed by atoms with Crippen molar-refractivity contribution in [2.24, 2.45) is 5.92 Å². The molecular formula is C22H30ClN7O2S. The molecule has 2 aliphatic rings. The highest BCUT2D eigenvalue weighted by Crippen LogP contribution is 2.30. The number of likely N-dealkylation sites (tertiary alicyclic amines) is 1. The number of nitriles is 1. The summed E-state index contributed by atoms with van der Waals surface area (Å²) in [5.74, 6) is 1.06. The van der Waals surface area contributed by atoms with Gasteiger partial charge in [0.05, 0.1) is 17.5 Å². The Morgan fingerprint density at radius 2 is 2.12 bits per heavy atom. The monoisotopic (exact) mass is 491 g/mol. The molecule has 9 nitrogen and oxygen atoms in total. The quantitative estimate of drug-likeness (QED) is 0.650. The van der Waals surface area contributed by atoms with Gasteiger partial charge in [0.25, 0.3) is 5.17 Å². The first-order chi connectivity index (χ1) is 15.5. The van der Waals surface area contributed by atoms with Crippen LogP contribution in [0.25, 0.3) is 11.0 Å². The minimum absolute atomic E-state index is 0. The Morgan fingerprint density at radius 3 is 2.85 bits per heavy atom. The second kappa shape index (κ2) is 11.1. The first-order valence-corrected chi connectivity index (χ1v) is 11.5. The Bertz CT molecular complexity index is 1030. The van der Waals surface area contributed by atoms with Crippen LogP contribution in [0.5, 0.6) is 0 Å². The van der Waals surface area contributed by atoms with E-state index in [1.807, 2.05) is 25.4 Å². The summed E-state index contributed by atoms with van der Waals surface area (Å²) in [6, 6.07) is 4.01. The average Bonchev–Trinajstić information content (AvgIpc) is 3.24. The molecule has 33 heavy (non-hydrogen) atoms. The number of nitrogens with one attached hydrogen (secondary N) is 1. The Hall–Kier alpha value is -2.48. The number of piperidine rings is 2. The third kappa shape index (κ3) is 5.37. The minimum atomic E-state index is -0.114. The standard InChI is InChI=1S/C22H29N7O2S.ClH/c1-15-6-11-28(19(30)3-8-23)13-18(15)27(2)20-17-7-12-29(21(17)26-14-25-20)22(32)31-16-4-9-24-10-5-16;/h7,12,14-16,18,24H,3-6,9-11,13H2,1-2H3;1H/t15-,18+;/m1./s1. The maximum atomic E-state index is 12.3. The number of fused-ring (bicyclic) bond motifs is 1. The number of ether oxygens (including phenoxy) is 1. The average molecular weight is 492 g/mol. The summed E-state index contributed by atoms with van der Waals surface area (Å²) in [4.78, 5) is 25.2. The third-order valence-corrected chi connectivity index (χ3v) is 6.84. The molecule has 1 amide bonds. The number of carbonyl (C=O) groups is 1. The van der Waals surface area contributed by atoms with Crippen LogP contribution < -0.4 is 10.2 Å². The number of carbonyl (C=O) groups excluding carboxylic acids is 1. The van der Waals surface area contributed by atoms with E-state index in [1.54, 1.807) is 15.8 Å². The lowest BCUT2D eigenvalue weighted by molar-refractivity contribution is -0.131. The van der Waals surface area contributed by atoms with Gasteiger partial charge in [-0.05, 0) is 56.6 Å². The Kier molecular flexibility index (Phi) is 8.46. The summed E-state index contributed by atoms with van der Waals surface area (Å²) < 4.78 is 7.86. The zero-order valence-electron chi connectivity index (χ0n) is 18.9. The number of hydrogen-bond acceptors (Lipinski definition) is 8. The van der Waals surface area contributed by atoms with Gasteiger partial charge in [0, 0.05) is 26.3 Å². The minimum Gasteiger partial charge on any atom is -0.467 e. The highest BCUT2D eigenvalue weighted by Gasteiger charge is 2.33. The fraction of sp³-hybridized carbons (Fsp3) is 0.591. The van der Waals surface area contributed by atoms with Crippen LogP contribution in [-0.4, -0.2) is 75.9 Å². The molecule has 2 aliphatic heterocycles. The molecule has 11 heteroatoms. The van der Waals surface area contributed by atoms with Gasteiger partial charge in [-0.15, -0.1) is 12.4 Å². The number of likely N-dealkylation sites (N-methyl/N-ethyl adjacent to an activating group) is 1. The third-order valence-electron chi connectivity index (χ3n) is 6.54. The smallest absolute Gasteiger partial charge is 0.269 e. The maximum absolute atomic E-state index is 12.3. The molecule has 1 N–H and O–H groups in total. The molecule has 2 aromatic rings. The predicted octanol–water partition coefficient (Wildman–Crippen LogP) is 2.34. The first-order valence-electron chi connectivity index (χ1n) is 11.1. The summed E-state index contributed by atoms with van der Waals surface area (Å²) in [5.41, 5.74) is 0.710. The van der Waals surface area contributed by atoms with Crippen LogP contribution in [0.2, 0.25) is 0 Å². The van der Waals surface area contributed by atoms with E-state index >= 15 is 0 Å². The van der Waals surface area contributed by atoms with Crippen molar-refractivity contribution in [3.63, 3.8) is 0 Å². The topological polar surface area (TPSA) is 99.3 Å². The molecule has 0 radical (unpaired) electrons. The molecule has 0 bridgehead atoms. The van der Waals surface area contributed by atoms with E-state index < -0.39 is 0 Å². The summed E-state index contributed by atoms with van der Waals surface area (Å²) in [7, 11) is 2.00. The number of anilines is 1. The van der Waals surface area contributed by atoms with Crippen LogP contribution in [0.3, 0.4) is 0 Å². The van der Waals surface area contributed by atoms with Gasteiger partial charge in [-0.3, -0.25) is 9.36 Å². The molecule has 178 valence electrons. The molecule has 2 saturated heterocycles. The Balaban J connectivity index is 0.00000306. The number of halogens is 1. The van der Waals surface area contributed by atoms with E-state index in [2.05, 4.69) is 27.1 Å². The van der Waals surface area contributed by atoms with Crippen LogP contribution in [0.1, 0.15) is 32.6 Å². The van der Waals surface area contributed by atoms with Crippen LogP contribution in [0.4, 0.5) is 5.82 Å². The maximum Gasteiger partial charge on any atom is 0.269 e. The van der Waals surface area contributed by atoms with Gasteiger partial charge >= 0.3 is 0 Å². The lowest BCUT2D eigenvalue weighted by Crippen LogP contribution is -2.52. The molecule has 0 unspecified atom stereocenters. The van der Waals surface area contributed by atoms with Crippen molar-refractivity contribution in [1.29, 1.82) is 5.26 Å². The van der Waals surface area contributed by atoms with Gasteiger partial charge in [-0.2, -0.15) is 5.26 Å². The molecule has 4 heterocycles. The van der Waals surface area contributed by atoms with Crippen molar-refractivity contribution in [3.05, 3.63) is 18.6 Å². The lowest BCUT2D eigenvalue weighted by atomic mass is 9.92. The van der Waals surface area contributed by atoms with Gasteiger partial charge < -0.3 is 19.9 Å². The molecule has 0 spiro atoms. The number of rotatable bonds is 4.